The lowest BCUT2D eigenvalue weighted by atomic mass is 10.2. The van der Waals surface area contributed by atoms with Gasteiger partial charge in [0, 0.05) is 0 Å². The Labute approximate surface area is 141 Å². The van der Waals surface area contributed by atoms with Gasteiger partial charge in [-0.05, 0) is 18.6 Å². The topological polar surface area (TPSA) is 79.3 Å². The maximum absolute atomic E-state index is 12.2. The Morgan fingerprint density at radius 1 is 1.42 bits per heavy atom. The van der Waals surface area contributed by atoms with Gasteiger partial charge in [-0.25, -0.2) is 4.98 Å². The molecule has 1 amide bonds. The lowest BCUT2D eigenvalue weighted by molar-refractivity contribution is -0.906. The van der Waals surface area contributed by atoms with E-state index in [1.807, 2.05) is 18.2 Å². The fraction of sp³-hybridized carbons (Fsp3) is 0.389. The van der Waals surface area contributed by atoms with Crippen LogP contribution in [0.5, 0.6) is 0 Å². The van der Waals surface area contributed by atoms with Crippen molar-refractivity contribution in [2.24, 2.45) is 0 Å². The van der Waals surface area contributed by atoms with Gasteiger partial charge in [0.25, 0.3) is 11.5 Å². The van der Waals surface area contributed by atoms with Crippen LogP contribution in [0, 0.1) is 12.3 Å². The van der Waals surface area contributed by atoms with Gasteiger partial charge in [0.2, 0.25) is 0 Å². The maximum atomic E-state index is 12.2. The molecule has 0 fully saturated rings. The second-order valence-electron chi connectivity index (χ2n) is 5.72. The van der Waals surface area contributed by atoms with Crippen molar-refractivity contribution >= 4 is 16.8 Å². The second kappa shape index (κ2) is 8.85. The number of nitrogens with zero attached hydrogens (tertiary/aromatic N) is 1. The van der Waals surface area contributed by atoms with E-state index in [1.165, 1.54) is 0 Å². The first-order valence-corrected chi connectivity index (χ1v) is 8.15. The van der Waals surface area contributed by atoms with Gasteiger partial charge in [-0.1, -0.05) is 31.4 Å². The van der Waals surface area contributed by atoms with Gasteiger partial charge in [-0.2, -0.15) is 0 Å². The number of aromatic nitrogens is 2. The molecule has 0 spiro atoms. The number of terminal acetylenes is 1. The summed E-state index contributed by atoms with van der Waals surface area (Å²) in [6.45, 7) is 3.95. The molecule has 24 heavy (non-hydrogen) atoms. The number of carbonyl (C=O) groups excluding carboxylic acids is 1. The quantitative estimate of drug-likeness (QED) is 0.590. The zero-order valence-corrected chi connectivity index (χ0v) is 13.9. The van der Waals surface area contributed by atoms with Crippen molar-refractivity contribution in [1.29, 1.82) is 0 Å². The molecule has 0 aliphatic rings. The van der Waals surface area contributed by atoms with Crippen LogP contribution in [-0.4, -0.2) is 35.5 Å². The van der Waals surface area contributed by atoms with Crippen LogP contribution >= 0.6 is 0 Å². The fourth-order valence-electron chi connectivity index (χ4n) is 2.56. The third-order valence-electron chi connectivity index (χ3n) is 3.76. The summed E-state index contributed by atoms with van der Waals surface area (Å²) in [6.07, 6.45) is 7.19. The van der Waals surface area contributed by atoms with E-state index in [-0.39, 0.29) is 18.0 Å². The summed E-state index contributed by atoms with van der Waals surface area (Å²) in [6, 6.07) is 7.24. The number of unbranched alkanes of at least 4 members (excludes halogenated alkanes) is 1. The van der Waals surface area contributed by atoms with Crippen molar-refractivity contribution in [3.8, 4) is 12.3 Å². The number of aromatic amines is 1. The van der Waals surface area contributed by atoms with Gasteiger partial charge in [-0.15, -0.1) is 6.42 Å². The van der Waals surface area contributed by atoms with Gasteiger partial charge in [0.1, 0.15) is 6.54 Å². The Morgan fingerprint density at radius 3 is 2.96 bits per heavy atom. The van der Waals surface area contributed by atoms with Crippen LogP contribution in [0.3, 0.4) is 0 Å². The van der Waals surface area contributed by atoms with E-state index in [9.17, 15) is 9.59 Å². The minimum Gasteiger partial charge on any atom is -0.340 e. The zero-order valence-electron chi connectivity index (χ0n) is 13.9. The highest BCUT2D eigenvalue weighted by atomic mass is 16.2. The molecule has 126 valence electrons. The van der Waals surface area contributed by atoms with E-state index in [1.54, 1.807) is 6.07 Å². The molecule has 6 nitrogen and oxygen atoms in total. The molecule has 0 aliphatic carbocycles. The van der Waals surface area contributed by atoms with E-state index in [0.29, 0.717) is 29.8 Å². The predicted octanol–water partition coefficient (Wildman–Crippen LogP) is -0.142. The molecular weight excluding hydrogens is 304 g/mol. The minimum atomic E-state index is -0.151. The number of nitrogens with one attached hydrogen (secondary N) is 3. The summed E-state index contributed by atoms with van der Waals surface area (Å²) in [5, 5.41) is 3.25. The number of H-pyrrole nitrogens is 1. The first-order valence-electron chi connectivity index (χ1n) is 8.15. The number of carbonyl (C=O) groups is 1. The molecule has 0 saturated heterocycles. The lowest BCUT2D eigenvalue weighted by Gasteiger charge is -2.18. The van der Waals surface area contributed by atoms with Crippen molar-refractivity contribution in [1.82, 2.24) is 15.3 Å². The molecule has 1 aromatic carbocycles. The normalized spacial score (nSPS) is 11.8. The fourth-order valence-corrected chi connectivity index (χ4v) is 2.56. The number of benzene rings is 1. The molecule has 1 atom stereocenters. The maximum Gasteiger partial charge on any atom is 0.275 e. The largest absolute Gasteiger partial charge is 0.340 e. The monoisotopic (exact) mass is 327 g/mol. The Bertz CT molecular complexity index is 791. The van der Waals surface area contributed by atoms with Crippen molar-refractivity contribution < 1.29 is 9.69 Å². The molecule has 6 heteroatoms. The standard InChI is InChI=1S/C18H22N4O2/c1-3-5-11-22(13-17(23)19-10-4-2)12-16-20-15-9-7-6-8-14(15)18(24)21-16/h2,6-9H,3,5,10-13H2,1H3,(H,19,23)(H,20,21,24)/p+1. The first-order chi connectivity index (χ1) is 11.6. The van der Waals surface area contributed by atoms with Crippen LogP contribution in [0.1, 0.15) is 25.6 Å². The van der Waals surface area contributed by atoms with E-state index in [4.69, 9.17) is 6.42 Å². The zero-order chi connectivity index (χ0) is 17.4. The third-order valence-corrected chi connectivity index (χ3v) is 3.76. The van der Waals surface area contributed by atoms with Crippen LogP contribution in [0.15, 0.2) is 29.1 Å². The highest BCUT2D eigenvalue weighted by Crippen LogP contribution is 2.04. The lowest BCUT2D eigenvalue weighted by Crippen LogP contribution is -3.12. The van der Waals surface area contributed by atoms with Gasteiger partial charge in [0.05, 0.1) is 24.0 Å². The summed E-state index contributed by atoms with van der Waals surface area (Å²) in [5.41, 5.74) is 0.519. The van der Waals surface area contributed by atoms with Crippen LogP contribution < -0.4 is 15.8 Å². The molecule has 0 saturated carbocycles. The SMILES string of the molecule is C#CCNC(=O)C[NH+](CCCC)Cc1nc2ccccc2c(=O)[nH]1. The summed E-state index contributed by atoms with van der Waals surface area (Å²) in [7, 11) is 0. The summed E-state index contributed by atoms with van der Waals surface area (Å²) in [4.78, 5) is 32.5. The molecule has 1 unspecified atom stereocenters. The number of fused-ring (bicyclic) bond motifs is 1. The number of amides is 1. The predicted molar refractivity (Wildman–Crippen MR) is 93.5 cm³/mol. The first kappa shape index (κ1) is 17.7. The van der Waals surface area contributed by atoms with Crippen LogP contribution in [0.4, 0.5) is 0 Å². The molecule has 3 N–H and O–H groups in total. The minimum absolute atomic E-state index is 0.0952. The Kier molecular flexibility index (Phi) is 6.52. The van der Waals surface area contributed by atoms with E-state index < -0.39 is 0 Å². The molecule has 1 aromatic heterocycles. The van der Waals surface area contributed by atoms with E-state index in [0.717, 1.165) is 24.3 Å². The van der Waals surface area contributed by atoms with E-state index in [2.05, 4.69) is 28.1 Å². The van der Waals surface area contributed by atoms with Gasteiger partial charge in [0.15, 0.2) is 12.4 Å². The highest BCUT2D eigenvalue weighted by Gasteiger charge is 2.16. The molecule has 2 aromatic rings. The second-order valence-corrected chi connectivity index (χ2v) is 5.72. The molecular formula is C18H23N4O2+. The number of rotatable bonds is 8. The average Bonchev–Trinajstić information content (AvgIpc) is 2.58. The van der Waals surface area contributed by atoms with Crippen LogP contribution in [0.25, 0.3) is 10.9 Å². The molecule has 1 heterocycles. The summed E-state index contributed by atoms with van der Waals surface area (Å²) >= 11 is 0. The third kappa shape index (κ3) is 4.93. The van der Waals surface area contributed by atoms with Crippen molar-refractivity contribution in [3.05, 3.63) is 40.4 Å². The van der Waals surface area contributed by atoms with Crippen molar-refractivity contribution in [2.75, 3.05) is 19.6 Å². The number of quaternary nitrogens is 1. The Balaban J connectivity index is 2.14. The van der Waals surface area contributed by atoms with Gasteiger partial charge >= 0.3 is 0 Å². The Morgan fingerprint density at radius 2 is 2.21 bits per heavy atom. The summed E-state index contributed by atoms with van der Waals surface area (Å²) < 4.78 is 0. The summed E-state index contributed by atoms with van der Waals surface area (Å²) in [5.74, 6) is 2.89. The van der Waals surface area contributed by atoms with Gasteiger partial charge < -0.3 is 15.2 Å². The molecule has 0 radical (unpaired) electrons. The molecule has 0 aliphatic heterocycles. The van der Waals surface area contributed by atoms with Crippen molar-refractivity contribution in [2.45, 2.75) is 26.3 Å². The average molecular weight is 327 g/mol. The van der Waals surface area contributed by atoms with E-state index >= 15 is 0 Å². The smallest absolute Gasteiger partial charge is 0.275 e. The van der Waals surface area contributed by atoms with Crippen LogP contribution in [0.2, 0.25) is 0 Å². The highest BCUT2D eigenvalue weighted by molar-refractivity contribution is 5.77. The van der Waals surface area contributed by atoms with Crippen LogP contribution in [-0.2, 0) is 11.3 Å². The number of hydrogen-bond donors (Lipinski definition) is 3. The molecule has 0 bridgehead atoms. The number of para-hydroxylation sites is 1. The van der Waals surface area contributed by atoms with Gasteiger partial charge in [-0.3, -0.25) is 9.59 Å². The number of hydrogen-bond acceptors (Lipinski definition) is 3. The Hall–Kier alpha value is -2.65. The van der Waals surface area contributed by atoms with Crippen molar-refractivity contribution in [3.63, 3.8) is 0 Å². The molecule has 2 rings (SSSR count).